The Hall–Kier alpha value is -1.63. The molecule has 1 amide bonds. The molecule has 0 atom stereocenters. The summed E-state index contributed by atoms with van der Waals surface area (Å²) in [5.74, 6) is 0.243. The number of rotatable bonds is 4. The van der Waals surface area contributed by atoms with E-state index in [2.05, 4.69) is 10.3 Å². The number of ether oxygens (including phenoxy) is 1. The molecule has 0 bridgehead atoms. The highest BCUT2D eigenvalue weighted by atomic mass is 35.5. The Balaban J connectivity index is 0.00000200. The van der Waals surface area contributed by atoms with Crippen molar-refractivity contribution >= 4 is 35.1 Å². The molecule has 1 aromatic heterocycles. The number of aromatic nitrogens is 1. The van der Waals surface area contributed by atoms with Gasteiger partial charge in [-0.15, -0.1) is 12.4 Å². The molecule has 6 nitrogen and oxygen atoms in total. The van der Waals surface area contributed by atoms with E-state index in [-0.39, 0.29) is 18.3 Å². The van der Waals surface area contributed by atoms with Gasteiger partial charge in [0.15, 0.2) is 5.58 Å². The molecule has 0 aliphatic carbocycles. The number of nitrogens with two attached hydrogens (primary N) is 1. The summed E-state index contributed by atoms with van der Waals surface area (Å²) in [5.41, 5.74) is 6.74. The number of nitrogens with zero attached hydrogens (tertiary/aromatic N) is 1. The van der Waals surface area contributed by atoms with Crippen molar-refractivity contribution in [2.75, 3.05) is 12.4 Å². The summed E-state index contributed by atoms with van der Waals surface area (Å²) in [6, 6.07) is 5.23. The topological polar surface area (TPSA) is 90.4 Å². The lowest BCUT2D eigenvalue weighted by atomic mass is 10.1. The zero-order valence-corrected chi connectivity index (χ0v) is 12.4. The Morgan fingerprint density at radius 3 is 2.80 bits per heavy atom. The second kappa shape index (κ2) is 6.21. The van der Waals surface area contributed by atoms with Gasteiger partial charge in [0.2, 0.25) is 11.8 Å². The monoisotopic (exact) mass is 299 g/mol. The third-order valence-electron chi connectivity index (χ3n) is 2.54. The number of hydrogen-bond donors (Lipinski definition) is 2. The van der Waals surface area contributed by atoms with E-state index in [9.17, 15) is 4.79 Å². The molecule has 2 rings (SSSR count). The third-order valence-corrected chi connectivity index (χ3v) is 2.54. The van der Waals surface area contributed by atoms with Crippen LogP contribution in [-0.2, 0) is 16.1 Å². The fourth-order valence-electron chi connectivity index (χ4n) is 1.53. The second-order valence-electron chi connectivity index (χ2n) is 4.90. The Bertz CT molecular complexity index is 604. The van der Waals surface area contributed by atoms with Crippen molar-refractivity contribution in [1.29, 1.82) is 0 Å². The first kappa shape index (κ1) is 16.4. The van der Waals surface area contributed by atoms with Crippen LogP contribution in [0.5, 0.6) is 0 Å². The quantitative estimate of drug-likeness (QED) is 0.902. The lowest BCUT2D eigenvalue weighted by Gasteiger charge is -2.17. The summed E-state index contributed by atoms with van der Waals surface area (Å²) >= 11 is 0. The Kier molecular flexibility index (Phi) is 5.10. The van der Waals surface area contributed by atoms with Gasteiger partial charge >= 0.3 is 0 Å². The van der Waals surface area contributed by atoms with Gasteiger partial charge in [0.05, 0.1) is 5.54 Å². The van der Waals surface area contributed by atoms with Crippen LogP contribution in [0.15, 0.2) is 22.6 Å². The van der Waals surface area contributed by atoms with E-state index in [0.29, 0.717) is 29.3 Å². The highest BCUT2D eigenvalue weighted by Crippen LogP contribution is 2.21. The minimum Gasteiger partial charge on any atom is -0.438 e. The van der Waals surface area contributed by atoms with Crippen LogP contribution < -0.4 is 11.1 Å². The van der Waals surface area contributed by atoms with Gasteiger partial charge in [0, 0.05) is 12.8 Å². The van der Waals surface area contributed by atoms with Crippen molar-refractivity contribution in [2.24, 2.45) is 5.73 Å². The SMILES string of the molecule is COCc1nc2cc(NC(=O)C(C)(C)N)ccc2o1.Cl. The number of hydrogen-bond acceptors (Lipinski definition) is 5. The van der Waals surface area contributed by atoms with E-state index >= 15 is 0 Å². The Morgan fingerprint density at radius 2 is 2.20 bits per heavy atom. The molecule has 1 aromatic carbocycles. The van der Waals surface area contributed by atoms with Gasteiger partial charge < -0.3 is 20.2 Å². The van der Waals surface area contributed by atoms with E-state index < -0.39 is 5.54 Å². The molecular weight excluding hydrogens is 282 g/mol. The van der Waals surface area contributed by atoms with E-state index in [0.717, 1.165) is 0 Å². The van der Waals surface area contributed by atoms with Gasteiger partial charge in [0.1, 0.15) is 12.1 Å². The van der Waals surface area contributed by atoms with E-state index in [4.69, 9.17) is 14.9 Å². The predicted octanol–water partition coefficient (Wildman–Crippen LogP) is 2.07. The molecule has 7 heteroatoms. The maximum absolute atomic E-state index is 11.8. The fraction of sp³-hybridized carbons (Fsp3) is 0.385. The number of anilines is 1. The number of benzene rings is 1. The first-order valence-electron chi connectivity index (χ1n) is 5.89. The molecule has 20 heavy (non-hydrogen) atoms. The molecular formula is C13H18ClN3O3. The van der Waals surface area contributed by atoms with Gasteiger partial charge in [-0.05, 0) is 32.0 Å². The van der Waals surface area contributed by atoms with Crippen molar-refractivity contribution in [3.63, 3.8) is 0 Å². The van der Waals surface area contributed by atoms with Crippen LogP contribution in [0, 0.1) is 0 Å². The van der Waals surface area contributed by atoms with E-state index in [1.165, 1.54) is 0 Å². The Labute approximate surface area is 123 Å². The molecule has 0 saturated carbocycles. The van der Waals surface area contributed by atoms with Gasteiger partial charge in [-0.2, -0.15) is 0 Å². The predicted molar refractivity (Wildman–Crippen MR) is 78.9 cm³/mol. The standard InChI is InChI=1S/C13H17N3O3.ClH/c1-13(2,14)12(17)15-8-4-5-10-9(6-8)16-11(19-10)7-18-3;/h4-6H,7,14H2,1-3H3,(H,15,17);1H. The zero-order valence-electron chi connectivity index (χ0n) is 11.6. The molecule has 0 aliphatic heterocycles. The molecule has 2 aromatic rings. The van der Waals surface area contributed by atoms with Crippen LogP contribution >= 0.6 is 12.4 Å². The number of halogens is 1. The summed E-state index contributed by atoms with van der Waals surface area (Å²) in [4.78, 5) is 16.0. The van der Waals surface area contributed by atoms with Gasteiger partial charge in [-0.1, -0.05) is 0 Å². The first-order chi connectivity index (χ1) is 8.90. The number of carbonyl (C=O) groups excluding carboxylic acids is 1. The van der Waals surface area contributed by atoms with Crippen molar-refractivity contribution in [2.45, 2.75) is 26.0 Å². The number of carbonyl (C=O) groups is 1. The summed E-state index contributed by atoms with van der Waals surface area (Å²) < 4.78 is 10.4. The van der Waals surface area contributed by atoms with Crippen molar-refractivity contribution < 1.29 is 13.9 Å². The van der Waals surface area contributed by atoms with Gasteiger partial charge in [0.25, 0.3) is 0 Å². The van der Waals surface area contributed by atoms with Crippen LogP contribution in [0.4, 0.5) is 5.69 Å². The van der Waals surface area contributed by atoms with Crippen LogP contribution in [0.2, 0.25) is 0 Å². The smallest absolute Gasteiger partial charge is 0.243 e. The zero-order chi connectivity index (χ0) is 14.0. The maximum Gasteiger partial charge on any atom is 0.243 e. The second-order valence-corrected chi connectivity index (χ2v) is 4.90. The lowest BCUT2D eigenvalue weighted by Crippen LogP contribution is -2.45. The van der Waals surface area contributed by atoms with Crippen LogP contribution in [0.1, 0.15) is 19.7 Å². The average molecular weight is 300 g/mol. The van der Waals surface area contributed by atoms with E-state index in [1.807, 2.05) is 0 Å². The Morgan fingerprint density at radius 1 is 1.50 bits per heavy atom. The largest absolute Gasteiger partial charge is 0.438 e. The molecule has 0 unspecified atom stereocenters. The highest BCUT2D eigenvalue weighted by Gasteiger charge is 2.22. The molecule has 0 saturated heterocycles. The molecule has 1 heterocycles. The summed E-state index contributed by atoms with van der Waals surface area (Å²) in [6.45, 7) is 3.60. The first-order valence-corrected chi connectivity index (χ1v) is 5.89. The molecule has 3 N–H and O–H groups in total. The summed E-state index contributed by atoms with van der Waals surface area (Å²) in [6.07, 6.45) is 0. The summed E-state index contributed by atoms with van der Waals surface area (Å²) in [5, 5.41) is 2.74. The summed E-state index contributed by atoms with van der Waals surface area (Å²) in [7, 11) is 1.57. The van der Waals surface area contributed by atoms with Crippen molar-refractivity contribution in [3.8, 4) is 0 Å². The van der Waals surface area contributed by atoms with Gasteiger partial charge in [-0.25, -0.2) is 4.98 Å². The van der Waals surface area contributed by atoms with Crippen LogP contribution in [0.25, 0.3) is 11.1 Å². The average Bonchev–Trinajstić information content (AvgIpc) is 2.69. The van der Waals surface area contributed by atoms with Crippen LogP contribution in [-0.4, -0.2) is 23.5 Å². The normalized spacial score (nSPS) is 11.2. The number of fused-ring (bicyclic) bond motifs is 1. The number of oxazole rings is 1. The number of nitrogens with one attached hydrogen (secondary N) is 1. The van der Waals surface area contributed by atoms with Crippen molar-refractivity contribution in [3.05, 3.63) is 24.1 Å². The molecule has 0 aliphatic rings. The molecule has 0 radical (unpaired) electrons. The molecule has 0 fully saturated rings. The van der Waals surface area contributed by atoms with Crippen molar-refractivity contribution in [1.82, 2.24) is 4.98 Å². The van der Waals surface area contributed by atoms with Gasteiger partial charge in [-0.3, -0.25) is 4.79 Å². The fourth-order valence-corrected chi connectivity index (χ4v) is 1.53. The van der Waals surface area contributed by atoms with Crippen LogP contribution in [0.3, 0.4) is 0 Å². The number of amides is 1. The lowest BCUT2D eigenvalue weighted by molar-refractivity contribution is -0.120. The third kappa shape index (κ3) is 3.69. The maximum atomic E-state index is 11.8. The van der Waals surface area contributed by atoms with E-state index in [1.54, 1.807) is 39.2 Å². The minimum atomic E-state index is -0.931. The molecule has 110 valence electrons. The highest BCUT2D eigenvalue weighted by molar-refractivity contribution is 5.98. The molecule has 0 spiro atoms. The number of methoxy groups -OCH3 is 1. The minimum absolute atomic E-state index is 0.